The number of benzene rings is 1. The Morgan fingerprint density at radius 1 is 1.47 bits per heavy atom. The Balaban J connectivity index is 2.08. The summed E-state index contributed by atoms with van der Waals surface area (Å²) in [6.45, 7) is 2.62. The molecule has 4 heteroatoms. The fourth-order valence-corrected chi connectivity index (χ4v) is 1.44. The average Bonchev–Trinajstić information content (AvgIpc) is 2.58. The first-order valence-corrected chi connectivity index (χ1v) is 4.93. The van der Waals surface area contributed by atoms with Crippen LogP contribution in [0.5, 0.6) is 0 Å². The summed E-state index contributed by atoms with van der Waals surface area (Å²) in [5.74, 6) is 0. The van der Waals surface area contributed by atoms with Crippen LogP contribution in [0.4, 0.5) is 4.79 Å². The van der Waals surface area contributed by atoms with E-state index in [-0.39, 0.29) is 12.1 Å². The number of hydrogen-bond acceptors (Lipinski definition) is 2. The Morgan fingerprint density at radius 3 is 2.80 bits per heavy atom. The summed E-state index contributed by atoms with van der Waals surface area (Å²) in [4.78, 5) is 11.3. The highest BCUT2D eigenvalue weighted by atomic mass is 16.2. The minimum atomic E-state index is -0.130. The van der Waals surface area contributed by atoms with Crippen molar-refractivity contribution >= 4 is 12.2 Å². The minimum absolute atomic E-state index is 0.123. The van der Waals surface area contributed by atoms with Gasteiger partial charge in [0, 0.05) is 6.54 Å². The molecule has 2 amide bonds. The third-order valence-electron chi connectivity index (χ3n) is 2.31. The highest BCUT2D eigenvalue weighted by Gasteiger charge is 2.26. The van der Waals surface area contributed by atoms with Gasteiger partial charge in [-0.25, -0.2) is 9.80 Å². The van der Waals surface area contributed by atoms with Crippen LogP contribution < -0.4 is 5.32 Å². The van der Waals surface area contributed by atoms with Crippen LogP contribution in [0.3, 0.4) is 0 Å². The maximum atomic E-state index is 11.3. The number of urea groups is 1. The molecule has 1 aliphatic heterocycles. The smallest absolute Gasteiger partial charge is 0.334 e. The van der Waals surface area contributed by atoms with Gasteiger partial charge in [-0.2, -0.15) is 5.10 Å². The third-order valence-corrected chi connectivity index (χ3v) is 2.31. The standard InChI is InChI=1S/C11H13N3O/c1-9-7-12-11(15)14(9)13-8-10-5-3-2-4-6-10/h2-6,8-9H,7H2,1H3,(H,12,15)/b13-8+/t9-/m1/s1. The molecule has 0 aliphatic carbocycles. The van der Waals surface area contributed by atoms with Gasteiger partial charge in [0.1, 0.15) is 0 Å². The number of nitrogens with zero attached hydrogens (tertiary/aromatic N) is 2. The lowest BCUT2D eigenvalue weighted by Gasteiger charge is -2.12. The molecule has 1 saturated heterocycles. The van der Waals surface area contributed by atoms with Crippen molar-refractivity contribution in [2.24, 2.45) is 5.10 Å². The summed E-state index contributed by atoms with van der Waals surface area (Å²) >= 11 is 0. The number of carbonyl (C=O) groups excluding carboxylic acids is 1. The average molecular weight is 203 g/mol. The summed E-state index contributed by atoms with van der Waals surface area (Å²) in [7, 11) is 0. The van der Waals surface area contributed by atoms with Gasteiger partial charge in [-0.3, -0.25) is 0 Å². The first-order valence-electron chi connectivity index (χ1n) is 4.93. The maximum absolute atomic E-state index is 11.3. The van der Waals surface area contributed by atoms with Gasteiger partial charge in [0.2, 0.25) is 0 Å². The molecule has 2 rings (SSSR count). The third kappa shape index (κ3) is 2.15. The summed E-state index contributed by atoms with van der Waals surface area (Å²) < 4.78 is 0. The zero-order valence-electron chi connectivity index (χ0n) is 8.55. The molecule has 1 atom stereocenters. The SMILES string of the molecule is C[C@@H]1CNC(=O)N1/N=C/c1ccccc1. The van der Waals surface area contributed by atoms with Crippen LogP contribution in [0.2, 0.25) is 0 Å². The first kappa shape index (κ1) is 9.71. The van der Waals surface area contributed by atoms with E-state index in [0.29, 0.717) is 6.54 Å². The zero-order chi connectivity index (χ0) is 10.7. The molecule has 0 unspecified atom stereocenters. The lowest BCUT2D eigenvalue weighted by molar-refractivity contribution is 0.210. The number of nitrogens with one attached hydrogen (secondary N) is 1. The molecule has 1 fully saturated rings. The fourth-order valence-electron chi connectivity index (χ4n) is 1.44. The van der Waals surface area contributed by atoms with Crippen molar-refractivity contribution in [1.29, 1.82) is 0 Å². The molecule has 1 aromatic carbocycles. The lowest BCUT2D eigenvalue weighted by atomic mass is 10.2. The molecule has 0 saturated carbocycles. The second-order valence-corrected chi connectivity index (χ2v) is 3.53. The quantitative estimate of drug-likeness (QED) is 0.726. The van der Waals surface area contributed by atoms with Crippen molar-refractivity contribution in [2.45, 2.75) is 13.0 Å². The van der Waals surface area contributed by atoms with Crippen LogP contribution in [0.15, 0.2) is 35.4 Å². The van der Waals surface area contributed by atoms with E-state index >= 15 is 0 Å². The van der Waals surface area contributed by atoms with Gasteiger partial charge in [0.05, 0.1) is 12.3 Å². The molecule has 0 aromatic heterocycles. The maximum Gasteiger partial charge on any atom is 0.338 e. The number of hydrazone groups is 1. The lowest BCUT2D eigenvalue weighted by Crippen LogP contribution is -2.27. The molecular formula is C11H13N3O. The molecule has 1 heterocycles. The van der Waals surface area contributed by atoms with E-state index in [1.165, 1.54) is 5.01 Å². The van der Waals surface area contributed by atoms with Crippen LogP contribution in [0.1, 0.15) is 12.5 Å². The van der Waals surface area contributed by atoms with E-state index < -0.39 is 0 Å². The van der Waals surface area contributed by atoms with Gasteiger partial charge < -0.3 is 5.32 Å². The predicted molar refractivity (Wildman–Crippen MR) is 58.7 cm³/mol. The summed E-state index contributed by atoms with van der Waals surface area (Å²) in [6.07, 6.45) is 1.70. The molecule has 0 spiro atoms. The molecule has 0 bridgehead atoms. The number of carbonyl (C=O) groups is 1. The monoisotopic (exact) mass is 203 g/mol. The second kappa shape index (κ2) is 4.13. The largest absolute Gasteiger partial charge is 0.338 e. The Kier molecular flexibility index (Phi) is 2.67. The molecule has 4 nitrogen and oxygen atoms in total. The van der Waals surface area contributed by atoms with Gasteiger partial charge in [-0.05, 0) is 12.5 Å². The van der Waals surface area contributed by atoms with Crippen molar-refractivity contribution in [1.82, 2.24) is 10.3 Å². The number of hydrogen-bond donors (Lipinski definition) is 1. The Morgan fingerprint density at radius 2 is 2.20 bits per heavy atom. The van der Waals surface area contributed by atoms with E-state index in [2.05, 4.69) is 10.4 Å². The van der Waals surface area contributed by atoms with Crippen molar-refractivity contribution < 1.29 is 4.79 Å². The van der Waals surface area contributed by atoms with E-state index in [4.69, 9.17) is 0 Å². The molecule has 15 heavy (non-hydrogen) atoms. The highest BCUT2D eigenvalue weighted by Crippen LogP contribution is 2.06. The van der Waals surface area contributed by atoms with Crippen molar-refractivity contribution in [3.63, 3.8) is 0 Å². The zero-order valence-corrected chi connectivity index (χ0v) is 8.55. The topological polar surface area (TPSA) is 44.7 Å². The molecule has 78 valence electrons. The molecule has 0 radical (unpaired) electrons. The Bertz CT molecular complexity index is 375. The fraction of sp³-hybridized carbons (Fsp3) is 0.273. The Hall–Kier alpha value is -1.84. The van der Waals surface area contributed by atoms with Crippen molar-refractivity contribution in [2.75, 3.05) is 6.54 Å². The van der Waals surface area contributed by atoms with Gasteiger partial charge in [-0.15, -0.1) is 0 Å². The van der Waals surface area contributed by atoms with Crippen LogP contribution >= 0.6 is 0 Å². The number of amides is 2. The normalized spacial score (nSPS) is 21.0. The first-order chi connectivity index (χ1) is 7.27. The van der Waals surface area contributed by atoms with E-state index in [1.54, 1.807) is 6.21 Å². The second-order valence-electron chi connectivity index (χ2n) is 3.53. The molecule has 1 aromatic rings. The Labute approximate surface area is 88.6 Å². The van der Waals surface area contributed by atoms with Crippen LogP contribution in [0.25, 0.3) is 0 Å². The van der Waals surface area contributed by atoms with Crippen LogP contribution in [-0.4, -0.2) is 29.8 Å². The van der Waals surface area contributed by atoms with Crippen LogP contribution in [-0.2, 0) is 0 Å². The van der Waals surface area contributed by atoms with E-state index in [9.17, 15) is 4.79 Å². The van der Waals surface area contributed by atoms with Gasteiger partial charge in [0.15, 0.2) is 0 Å². The minimum Gasteiger partial charge on any atom is -0.334 e. The van der Waals surface area contributed by atoms with Gasteiger partial charge in [0.25, 0.3) is 0 Å². The summed E-state index contributed by atoms with van der Waals surface area (Å²) in [6, 6.07) is 9.71. The summed E-state index contributed by atoms with van der Waals surface area (Å²) in [5, 5.41) is 8.35. The molecule has 1 N–H and O–H groups in total. The molecule has 1 aliphatic rings. The summed E-state index contributed by atoms with van der Waals surface area (Å²) in [5.41, 5.74) is 0.990. The molecular weight excluding hydrogens is 190 g/mol. The number of rotatable bonds is 2. The van der Waals surface area contributed by atoms with E-state index in [0.717, 1.165) is 5.56 Å². The van der Waals surface area contributed by atoms with Crippen LogP contribution in [0, 0.1) is 0 Å². The van der Waals surface area contributed by atoms with Crippen molar-refractivity contribution in [3.8, 4) is 0 Å². The van der Waals surface area contributed by atoms with Crippen molar-refractivity contribution in [3.05, 3.63) is 35.9 Å². The predicted octanol–water partition coefficient (Wildman–Crippen LogP) is 1.43. The van der Waals surface area contributed by atoms with Gasteiger partial charge in [-0.1, -0.05) is 30.3 Å². The van der Waals surface area contributed by atoms with E-state index in [1.807, 2.05) is 37.3 Å². The highest BCUT2D eigenvalue weighted by molar-refractivity contribution is 5.82. The van der Waals surface area contributed by atoms with Gasteiger partial charge >= 0.3 is 6.03 Å².